The summed E-state index contributed by atoms with van der Waals surface area (Å²) in [6.45, 7) is 0. The maximum atomic E-state index is 7.44. The molecule has 1 aromatic heterocycles. The third-order valence-electron chi connectivity index (χ3n) is 2.15. The Balaban J connectivity index is 2.58. The Morgan fingerprint density at radius 3 is 2.47 bits per heavy atom. The van der Waals surface area contributed by atoms with E-state index in [0.29, 0.717) is 5.69 Å². The molecule has 0 saturated heterocycles. The molecule has 3 nitrogen and oxygen atoms in total. The van der Waals surface area contributed by atoms with E-state index >= 15 is 0 Å². The van der Waals surface area contributed by atoms with Crippen LogP contribution < -0.4 is 5.73 Å². The van der Waals surface area contributed by atoms with E-state index in [1.165, 1.54) is 0 Å². The molecular weight excluding hydrogens is 186 g/mol. The van der Waals surface area contributed by atoms with E-state index in [0.717, 1.165) is 11.1 Å². The highest BCUT2D eigenvalue weighted by Crippen LogP contribution is 2.20. The number of pyridine rings is 1. The minimum absolute atomic E-state index is 0.00514. The smallest absolute Gasteiger partial charge is 0.142 e. The van der Waals surface area contributed by atoms with Crippen LogP contribution in [0.25, 0.3) is 11.1 Å². The highest BCUT2D eigenvalue weighted by molar-refractivity contribution is 5.99. The molecule has 2 rings (SSSR count). The summed E-state index contributed by atoms with van der Waals surface area (Å²) in [5.74, 6) is -0.00514. The first-order valence-corrected chi connectivity index (χ1v) is 4.64. The van der Waals surface area contributed by atoms with E-state index in [2.05, 4.69) is 4.98 Å². The second kappa shape index (κ2) is 3.92. The van der Waals surface area contributed by atoms with Crippen molar-refractivity contribution in [3.63, 3.8) is 0 Å². The van der Waals surface area contributed by atoms with Gasteiger partial charge in [-0.1, -0.05) is 36.4 Å². The Labute approximate surface area is 88.1 Å². The summed E-state index contributed by atoms with van der Waals surface area (Å²) >= 11 is 0. The SMILES string of the molecule is N=C(N)c1ncccc1-c1ccccc1. The van der Waals surface area contributed by atoms with Crippen molar-refractivity contribution in [1.82, 2.24) is 4.98 Å². The van der Waals surface area contributed by atoms with Gasteiger partial charge in [0.2, 0.25) is 0 Å². The van der Waals surface area contributed by atoms with Crippen LogP contribution in [0.3, 0.4) is 0 Å². The Morgan fingerprint density at radius 2 is 1.80 bits per heavy atom. The van der Waals surface area contributed by atoms with Crippen molar-refractivity contribution in [2.75, 3.05) is 0 Å². The highest BCUT2D eigenvalue weighted by atomic mass is 14.8. The Morgan fingerprint density at radius 1 is 1.07 bits per heavy atom. The van der Waals surface area contributed by atoms with Crippen molar-refractivity contribution in [2.45, 2.75) is 0 Å². The number of nitrogen functional groups attached to an aromatic ring is 1. The third kappa shape index (κ3) is 1.86. The molecule has 0 unspecified atom stereocenters. The maximum absolute atomic E-state index is 7.44. The van der Waals surface area contributed by atoms with Crippen LogP contribution in [0.5, 0.6) is 0 Å². The van der Waals surface area contributed by atoms with Gasteiger partial charge in [-0.15, -0.1) is 0 Å². The predicted octanol–water partition coefficient (Wildman–Crippen LogP) is 2.03. The van der Waals surface area contributed by atoms with E-state index in [1.54, 1.807) is 6.20 Å². The van der Waals surface area contributed by atoms with Crippen LogP contribution in [0.2, 0.25) is 0 Å². The van der Waals surface area contributed by atoms with Gasteiger partial charge < -0.3 is 5.73 Å². The third-order valence-corrected chi connectivity index (χ3v) is 2.15. The van der Waals surface area contributed by atoms with Crippen LogP contribution in [-0.2, 0) is 0 Å². The van der Waals surface area contributed by atoms with Crippen LogP contribution in [0.15, 0.2) is 48.7 Å². The summed E-state index contributed by atoms with van der Waals surface area (Å²) in [5.41, 5.74) is 7.92. The number of aromatic nitrogens is 1. The van der Waals surface area contributed by atoms with E-state index in [4.69, 9.17) is 11.1 Å². The van der Waals surface area contributed by atoms with Crippen LogP contribution in [0, 0.1) is 5.41 Å². The van der Waals surface area contributed by atoms with Crippen LogP contribution in [0.1, 0.15) is 5.69 Å². The molecule has 0 aliphatic heterocycles. The molecule has 3 N–H and O–H groups in total. The van der Waals surface area contributed by atoms with E-state index in [9.17, 15) is 0 Å². The van der Waals surface area contributed by atoms with Gasteiger partial charge in [0, 0.05) is 11.8 Å². The maximum Gasteiger partial charge on any atom is 0.142 e. The zero-order valence-corrected chi connectivity index (χ0v) is 8.14. The first kappa shape index (κ1) is 9.40. The van der Waals surface area contributed by atoms with Gasteiger partial charge in [-0.05, 0) is 11.6 Å². The second-order valence-corrected chi connectivity index (χ2v) is 3.18. The average molecular weight is 197 g/mol. The molecule has 0 saturated carbocycles. The Hall–Kier alpha value is -2.16. The lowest BCUT2D eigenvalue weighted by Crippen LogP contribution is -2.14. The monoisotopic (exact) mass is 197 g/mol. The van der Waals surface area contributed by atoms with E-state index in [-0.39, 0.29) is 5.84 Å². The lowest BCUT2D eigenvalue weighted by molar-refractivity contribution is 1.26. The lowest BCUT2D eigenvalue weighted by atomic mass is 10.0. The van der Waals surface area contributed by atoms with Crippen molar-refractivity contribution in [2.24, 2.45) is 5.73 Å². The zero-order chi connectivity index (χ0) is 10.7. The lowest BCUT2D eigenvalue weighted by Gasteiger charge is -2.06. The highest BCUT2D eigenvalue weighted by Gasteiger charge is 2.07. The van der Waals surface area contributed by atoms with Gasteiger partial charge in [0.15, 0.2) is 0 Å². The number of hydrogen-bond donors (Lipinski definition) is 2. The molecule has 2 aromatic rings. The molecule has 0 spiro atoms. The summed E-state index contributed by atoms with van der Waals surface area (Å²) < 4.78 is 0. The Bertz CT molecular complexity index is 477. The Kier molecular flexibility index (Phi) is 2.46. The fourth-order valence-electron chi connectivity index (χ4n) is 1.47. The van der Waals surface area contributed by atoms with Gasteiger partial charge in [0.1, 0.15) is 11.5 Å². The fourth-order valence-corrected chi connectivity index (χ4v) is 1.47. The number of hydrogen-bond acceptors (Lipinski definition) is 2. The number of amidine groups is 1. The summed E-state index contributed by atoms with van der Waals surface area (Å²) in [5, 5.41) is 7.44. The molecule has 0 amide bonds. The van der Waals surface area contributed by atoms with Crippen molar-refractivity contribution >= 4 is 5.84 Å². The molecule has 0 aliphatic rings. The number of nitrogens with one attached hydrogen (secondary N) is 1. The number of rotatable bonds is 2. The molecule has 1 aromatic carbocycles. The van der Waals surface area contributed by atoms with Crippen LogP contribution >= 0.6 is 0 Å². The van der Waals surface area contributed by atoms with Gasteiger partial charge in [-0.25, -0.2) is 0 Å². The molecule has 3 heteroatoms. The predicted molar refractivity (Wildman–Crippen MR) is 60.7 cm³/mol. The van der Waals surface area contributed by atoms with Crippen molar-refractivity contribution in [3.05, 3.63) is 54.4 Å². The molecule has 0 atom stereocenters. The summed E-state index contributed by atoms with van der Waals surface area (Å²) in [7, 11) is 0. The molecule has 0 radical (unpaired) electrons. The van der Waals surface area contributed by atoms with Gasteiger partial charge in [0.05, 0.1) is 0 Å². The molecule has 15 heavy (non-hydrogen) atoms. The van der Waals surface area contributed by atoms with Gasteiger partial charge >= 0.3 is 0 Å². The summed E-state index contributed by atoms with van der Waals surface area (Å²) in [6, 6.07) is 13.6. The minimum Gasteiger partial charge on any atom is -0.382 e. The molecule has 0 bridgehead atoms. The first-order chi connectivity index (χ1) is 7.29. The summed E-state index contributed by atoms with van der Waals surface area (Å²) in [4.78, 5) is 4.11. The van der Waals surface area contributed by atoms with Crippen molar-refractivity contribution in [1.29, 1.82) is 5.41 Å². The second-order valence-electron chi connectivity index (χ2n) is 3.18. The van der Waals surface area contributed by atoms with Crippen molar-refractivity contribution in [3.8, 4) is 11.1 Å². The van der Waals surface area contributed by atoms with Gasteiger partial charge in [0.25, 0.3) is 0 Å². The number of benzene rings is 1. The van der Waals surface area contributed by atoms with E-state index in [1.807, 2.05) is 42.5 Å². The zero-order valence-electron chi connectivity index (χ0n) is 8.14. The number of nitrogens with two attached hydrogens (primary N) is 1. The average Bonchev–Trinajstić information content (AvgIpc) is 2.30. The fraction of sp³-hybridized carbons (Fsp3) is 0. The minimum atomic E-state index is -0.00514. The van der Waals surface area contributed by atoms with Crippen molar-refractivity contribution < 1.29 is 0 Å². The largest absolute Gasteiger partial charge is 0.382 e. The first-order valence-electron chi connectivity index (χ1n) is 4.64. The van der Waals surface area contributed by atoms with Gasteiger partial charge in [-0.3, -0.25) is 10.4 Å². The molecule has 1 heterocycles. The standard InChI is InChI=1S/C12H11N3/c13-12(14)11-10(7-4-8-15-11)9-5-2-1-3-6-9/h1-8H,(H3,13,14). The topological polar surface area (TPSA) is 62.8 Å². The normalized spacial score (nSPS) is 9.87. The molecular formula is C12H11N3. The molecule has 74 valence electrons. The molecule has 0 fully saturated rings. The molecule has 0 aliphatic carbocycles. The quantitative estimate of drug-likeness (QED) is 0.571. The summed E-state index contributed by atoms with van der Waals surface area (Å²) in [6.07, 6.45) is 1.64. The van der Waals surface area contributed by atoms with Crippen LogP contribution in [-0.4, -0.2) is 10.8 Å². The van der Waals surface area contributed by atoms with Crippen LogP contribution in [0.4, 0.5) is 0 Å². The van der Waals surface area contributed by atoms with Gasteiger partial charge in [-0.2, -0.15) is 0 Å². The number of nitrogens with zero attached hydrogens (tertiary/aromatic N) is 1. The van der Waals surface area contributed by atoms with E-state index < -0.39 is 0 Å².